The molecule has 0 spiro atoms. The summed E-state index contributed by atoms with van der Waals surface area (Å²) >= 11 is 5.63. The van der Waals surface area contributed by atoms with E-state index in [0.717, 1.165) is 48.3 Å². The highest BCUT2D eigenvalue weighted by atomic mass is 35.5. The molecule has 0 rings (SSSR count). The van der Waals surface area contributed by atoms with E-state index < -0.39 is 13.9 Å². The minimum atomic E-state index is -4.18. The molecule has 0 aliphatic rings. The molecule has 0 fully saturated rings. The van der Waals surface area contributed by atoms with Gasteiger partial charge in [0.05, 0.1) is 19.8 Å². The molecule has 0 aromatic carbocycles. The Bertz CT molecular complexity index is 844. The van der Waals surface area contributed by atoms with Gasteiger partial charge in [-0.25, -0.2) is 4.57 Å². The van der Waals surface area contributed by atoms with Crippen molar-refractivity contribution in [2.24, 2.45) is 47.3 Å². The van der Waals surface area contributed by atoms with Crippen LogP contribution in [0.15, 0.2) is 0 Å². The van der Waals surface area contributed by atoms with E-state index in [0.29, 0.717) is 31.7 Å². The average Bonchev–Trinajstić information content (AvgIpc) is 3.07. The van der Waals surface area contributed by atoms with Crippen molar-refractivity contribution in [3.63, 3.8) is 0 Å². The van der Waals surface area contributed by atoms with E-state index in [-0.39, 0.29) is 19.1 Å². The molecule has 0 aromatic heterocycles. The highest BCUT2D eigenvalue weighted by Crippen LogP contribution is 2.43. The van der Waals surface area contributed by atoms with Crippen molar-refractivity contribution in [3.05, 3.63) is 0 Å². The molecule has 0 aliphatic heterocycles. The molecule has 0 aromatic rings. The molecule has 0 amide bonds. The van der Waals surface area contributed by atoms with Crippen molar-refractivity contribution in [1.29, 1.82) is 0 Å². The molecule has 0 radical (unpaired) electrons. The topological polar surface area (TPSA) is 74.2 Å². The second-order valence-corrected chi connectivity index (χ2v) is 20.3. The van der Waals surface area contributed by atoms with E-state index in [2.05, 4.69) is 69.2 Å². The van der Waals surface area contributed by atoms with Crippen LogP contribution in [0.5, 0.6) is 0 Å². The highest BCUT2D eigenvalue weighted by molar-refractivity contribution is 7.47. The molecule has 320 valence electrons. The lowest BCUT2D eigenvalue weighted by atomic mass is 9.91. The summed E-state index contributed by atoms with van der Waals surface area (Å²) in [4.78, 5) is 10.0. The number of ether oxygens (including phenoxy) is 2. The third-order valence-corrected chi connectivity index (χ3v) is 12.4. The average molecular weight is 796 g/mol. The first kappa shape index (κ1) is 53.3. The number of halogens is 1. The van der Waals surface area contributed by atoms with Crippen LogP contribution in [-0.4, -0.2) is 49.9 Å². The Balaban J connectivity index is 4.37. The number of hydrogen-bond donors (Lipinski definition) is 1. The Morgan fingerprint density at radius 3 is 1.15 bits per heavy atom. The van der Waals surface area contributed by atoms with Gasteiger partial charge < -0.3 is 14.4 Å². The van der Waals surface area contributed by atoms with Crippen molar-refractivity contribution in [2.45, 2.75) is 204 Å². The normalized spacial score (nSPS) is 17.5. The smallest absolute Gasteiger partial charge is 0.379 e. The quantitative estimate of drug-likeness (QED) is 0.0379. The van der Waals surface area contributed by atoms with Crippen molar-refractivity contribution in [3.8, 4) is 0 Å². The Labute approximate surface area is 336 Å². The van der Waals surface area contributed by atoms with Crippen LogP contribution in [0.3, 0.4) is 0 Å². The second-order valence-electron chi connectivity index (χ2n) is 18.4. The van der Waals surface area contributed by atoms with Gasteiger partial charge in [0.2, 0.25) is 0 Å². The van der Waals surface area contributed by atoms with Gasteiger partial charge in [-0.15, -0.1) is 11.6 Å². The molecule has 0 saturated heterocycles. The van der Waals surface area contributed by atoms with E-state index in [1.807, 2.05) is 0 Å². The lowest BCUT2D eigenvalue weighted by Gasteiger charge is -2.21. The fraction of sp³-hybridized carbons (Fsp3) is 1.00. The van der Waals surface area contributed by atoms with Crippen molar-refractivity contribution < 1.29 is 28.0 Å². The van der Waals surface area contributed by atoms with E-state index >= 15 is 0 Å². The number of rotatable bonds is 39. The molecule has 1 N–H and O–H groups in total. The molecule has 0 heterocycles. The first-order valence-electron chi connectivity index (χ1n) is 22.5. The largest absolute Gasteiger partial charge is 0.472 e. The Morgan fingerprint density at radius 1 is 0.453 bits per heavy atom. The van der Waals surface area contributed by atoms with E-state index in [9.17, 15) is 9.46 Å². The predicted octanol–water partition coefficient (Wildman–Crippen LogP) is 14.7. The molecular weight excluding hydrogens is 703 g/mol. The summed E-state index contributed by atoms with van der Waals surface area (Å²) in [5.74, 6) is 6.25. The monoisotopic (exact) mass is 795 g/mol. The lowest BCUT2D eigenvalue weighted by Crippen LogP contribution is -2.27. The summed E-state index contributed by atoms with van der Waals surface area (Å²) in [6, 6.07) is 0. The molecule has 0 saturated carbocycles. The number of phosphoric acid groups is 1. The fourth-order valence-corrected chi connectivity index (χ4v) is 8.25. The van der Waals surface area contributed by atoms with Crippen LogP contribution in [0.1, 0.15) is 198 Å². The minimum absolute atomic E-state index is 0.0422. The van der Waals surface area contributed by atoms with Crippen molar-refractivity contribution >= 4 is 19.4 Å². The van der Waals surface area contributed by atoms with E-state index in [1.165, 1.54) is 116 Å². The molecule has 1 unspecified atom stereocenters. The Hall–Kier alpha value is 0.320. The third-order valence-electron chi connectivity index (χ3n) is 11.3. The molecule has 8 heteroatoms. The summed E-state index contributed by atoms with van der Waals surface area (Å²) in [5, 5.41) is 0. The first-order chi connectivity index (χ1) is 25.1. The zero-order valence-electron chi connectivity index (χ0n) is 36.9. The fourth-order valence-electron chi connectivity index (χ4n) is 7.32. The molecule has 8 atom stereocenters. The van der Waals surface area contributed by atoms with Gasteiger partial charge in [-0.2, -0.15) is 0 Å². The summed E-state index contributed by atoms with van der Waals surface area (Å²) in [7, 11) is -4.18. The van der Waals surface area contributed by atoms with Gasteiger partial charge in [0, 0.05) is 19.1 Å². The maximum Gasteiger partial charge on any atom is 0.472 e. The lowest BCUT2D eigenvalue weighted by molar-refractivity contribution is -0.0474. The van der Waals surface area contributed by atoms with Gasteiger partial charge in [-0.05, 0) is 60.2 Å². The minimum Gasteiger partial charge on any atom is -0.379 e. The maximum absolute atomic E-state index is 12.3. The standard InChI is InChI=1S/C45H92ClO6P/c1-37(2)17-11-19-39(5)21-13-23-41(7)25-15-27-43(9)29-32-49-35-45(36-52-53(47,48)51-34-31-46)50-33-30-44(10)28-16-26-42(8)24-14-22-40(6)20-12-18-38(3)4/h37-45H,11-36H2,1-10H3,(H,47,48)/t39-,40-,41-,42-,43-,44-,45+/m1/s1. The molecule has 0 aliphatic carbocycles. The van der Waals surface area contributed by atoms with E-state index in [4.69, 9.17) is 30.1 Å². The van der Waals surface area contributed by atoms with Gasteiger partial charge in [0.1, 0.15) is 6.10 Å². The van der Waals surface area contributed by atoms with Gasteiger partial charge in [-0.1, -0.05) is 185 Å². The molecular formula is C45H92ClO6P. The van der Waals surface area contributed by atoms with Gasteiger partial charge in [0.15, 0.2) is 0 Å². The number of alkyl halides is 1. The van der Waals surface area contributed by atoms with Crippen LogP contribution in [0.4, 0.5) is 0 Å². The summed E-state index contributed by atoms with van der Waals surface area (Å²) in [6.45, 7) is 25.1. The first-order valence-corrected chi connectivity index (χ1v) is 24.5. The predicted molar refractivity (Wildman–Crippen MR) is 230 cm³/mol. The van der Waals surface area contributed by atoms with E-state index in [1.54, 1.807) is 0 Å². The SMILES string of the molecule is CC(C)CCC[C@@H](C)CCC[C@@H](C)CCC[C@@H](C)CCOC[C@@H](COP(=O)(O)OCCCl)OCC[C@H](C)CCC[C@H](C)CCC[C@H](C)CCCC(C)C. The third kappa shape index (κ3) is 36.4. The van der Waals surface area contributed by atoms with Crippen molar-refractivity contribution in [2.75, 3.05) is 38.9 Å². The van der Waals surface area contributed by atoms with Gasteiger partial charge in [0.25, 0.3) is 0 Å². The number of hydrogen-bond acceptors (Lipinski definition) is 5. The molecule has 6 nitrogen and oxygen atoms in total. The Kier molecular flexibility index (Phi) is 34.6. The second kappa shape index (κ2) is 34.4. The summed E-state index contributed by atoms with van der Waals surface area (Å²) < 4.78 is 34.7. The highest BCUT2D eigenvalue weighted by Gasteiger charge is 2.24. The summed E-state index contributed by atoms with van der Waals surface area (Å²) in [5.41, 5.74) is 0. The van der Waals surface area contributed by atoms with Crippen LogP contribution < -0.4 is 0 Å². The van der Waals surface area contributed by atoms with Crippen LogP contribution in [0.25, 0.3) is 0 Å². The molecule has 0 bridgehead atoms. The Morgan fingerprint density at radius 2 is 0.792 bits per heavy atom. The van der Waals surface area contributed by atoms with Crippen LogP contribution in [0, 0.1) is 47.3 Å². The summed E-state index contributed by atoms with van der Waals surface area (Å²) in [6.07, 6.45) is 25.5. The van der Waals surface area contributed by atoms with Gasteiger partial charge >= 0.3 is 7.82 Å². The van der Waals surface area contributed by atoms with Gasteiger partial charge in [-0.3, -0.25) is 9.05 Å². The molecule has 53 heavy (non-hydrogen) atoms. The van der Waals surface area contributed by atoms with Crippen LogP contribution in [-0.2, 0) is 23.1 Å². The van der Waals surface area contributed by atoms with Crippen LogP contribution >= 0.6 is 19.4 Å². The zero-order chi connectivity index (χ0) is 39.9. The van der Waals surface area contributed by atoms with Crippen LogP contribution in [0.2, 0.25) is 0 Å². The maximum atomic E-state index is 12.3. The van der Waals surface area contributed by atoms with Crippen molar-refractivity contribution in [1.82, 2.24) is 0 Å². The zero-order valence-corrected chi connectivity index (χ0v) is 38.5. The number of phosphoric ester groups is 1.